The maximum Gasteiger partial charge on any atom is 0.124 e. The molecule has 1 N–H and O–H groups in total. The summed E-state index contributed by atoms with van der Waals surface area (Å²) < 4.78 is 13.5. The van der Waals surface area contributed by atoms with Crippen molar-refractivity contribution < 1.29 is 4.39 Å². The van der Waals surface area contributed by atoms with E-state index in [1.807, 2.05) is 7.05 Å². The molecule has 0 saturated carbocycles. The van der Waals surface area contributed by atoms with E-state index in [-0.39, 0.29) is 5.82 Å². The van der Waals surface area contributed by atoms with Crippen molar-refractivity contribution in [1.29, 1.82) is 0 Å². The van der Waals surface area contributed by atoms with Gasteiger partial charge in [-0.2, -0.15) is 0 Å². The summed E-state index contributed by atoms with van der Waals surface area (Å²) in [6, 6.07) is 4.78. The van der Waals surface area contributed by atoms with Crippen LogP contribution in [0, 0.1) is 5.82 Å². The van der Waals surface area contributed by atoms with E-state index < -0.39 is 0 Å². The molecule has 0 heterocycles. The molecule has 0 saturated heterocycles. The highest BCUT2D eigenvalue weighted by atomic mass is 79.9. The Morgan fingerprint density at radius 3 is 2.83 bits per heavy atom. The fraction of sp³-hybridized carbons (Fsp3) is 0.333. The molecule has 66 valence electrons. The number of nitrogens with one attached hydrogen (secondary N) is 1. The summed E-state index contributed by atoms with van der Waals surface area (Å²) in [5.41, 5.74) is 1.13. The zero-order valence-corrected chi connectivity index (χ0v) is 8.49. The van der Waals surface area contributed by atoms with Gasteiger partial charge in [0, 0.05) is 4.47 Å². The smallest absolute Gasteiger partial charge is 0.124 e. The molecule has 0 aliphatic heterocycles. The van der Waals surface area contributed by atoms with Crippen molar-refractivity contribution in [2.45, 2.75) is 6.42 Å². The number of hydrogen-bond donors (Lipinski definition) is 1. The number of hydrogen-bond acceptors (Lipinski definition) is 1. The van der Waals surface area contributed by atoms with Gasteiger partial charge in [-0.05, 0) is 37.7 Å². The van der Waals surface area contributed by atoms with Gasteiger partial charge in [0.1, 0.15) is 5.82 Å². The molecule has 0 radical (unpaired) electrons. The number of likely N-dealkylation sites (N-methyl/N-ethyl adjacent to an activating group) is 1. The summed E-state index contributed by atoms with van der Waals surface area (Å²) in [4.78, 5) is 0. The standard InChI is InChI=1S/C9H11BrFN/c1-12-5-4-7-2-3-8(11)6-9(7)10/h2-3,6,12H,4-5H2,1H3. The molecule has 1 aromatic rings. The van der Waals surface area contributed by atoms with Crippen LogP contribution < -0.4 is 5.32 Å². The topological polar surface area (TPSA) is 12.0 Å². The van der Waals surface area contributed by atoms with Gasteiger partial charge in [-0.15, -0.1) is 0 Å². The minimum absolute atomic E-state index is 0.199. The lowest BCUT2D eigenvalue weighted by Crippen LogP contribution is -2.10. The van der Waals surface area contributed by atoms with E-state index in [9.17, 15) is 4.39 Å². The van der Waals surface area contributed by atoms with Crippen molar-refractivity contribution in [2.75, 3.05) is 13.6 Å². The lowest BCUT2D eigenvalue weighted by molar-refractivity contribution is 0.625. The number of benzene rings is 1. The third-order valence-corrected chi connectivity index (χ3v) is 2.40. The van der Waals surface area contributed by atoms with E-state index in [1.54, 1.807) is 6.07 Å². The van der Waals surface area contributed by atoms with Crippen molar-refractivity contribution >= 4 is 15.9 Å². The summed E-state index contributed by atoms with van der Waals surface area (Å²) in [5, 5.41) is 3.04. The van der Waals surface area contributed by atoms with Gasteiger partial charge in [-0.25, -0.2) is 4.39 Å². The molecule has 0 spiro atoms. The first-order valence-electron chi connectivity index (χ1n) is 3.82. The lowest BCUT2D eigenvalue weighted by Gasteiger charge is -2.03. The van der Waals surface area contributed by atoms with Gasteiger partial charge < -0.3 is 5.32 Å². The Morgan fingerprint density at radius 1 is 1.50 bits per heavy atom. The van der Waals surface area contributed by atoms with Crippen molar-refractivity contribution in [3.8, 4) is 0 Å². The maximum atomic E-state index is 12.6. The predicted octanol–water partition coefficient (Wildman–Crippen LogP) is 2.35. The third-order valence-electron chi connectivity index (χ3n) is 1.66. The Hall–Kier alpha value is -0.410. The lowest BCUT2D eigenvalue weighted by atomic mass is 10.1. The van der Waals surface area contributed by atoms with Crippen LogP contribution in [-0.4, -0.2) is 13.6 Å². The quantitative estimate of drug-likeness (QED) is 0.843. The SMILES string of the molecule is CNCCc1ccc(F)cc1Br. The highest BCUT2D eigenvalue weighted by Crippen LogP contribution is 2.17. The maximum absolute atomic E-state index is 12.6. The average Bonchev–Trinajstić information content (AvgIpc) is 2.03. The molecule has 1 aromatic carbocycles. The van der Waals surface area contributed by atoms with Crippen LogP contribution in [0.5, 0.6) is 0 Å². The number of halogens is 2. The van der Waals surface area contributed by atoms with Gasteiger partial charge >= 0.3 is 0 Å². The second kappa shape index (κ2) is 4.58. The van der Waals surface area contributed by atoms with Crippen LogP contribution >= 0.6 is 15.9 Å². The molecular weight excluding hydrogens is 221 g/mol. The van der Waals surface area contributed by atoms with Gasteiger partial charge in [0.2, 0.25) is 0 Å². The largest absolute Gasteiger partial charge is 0.319 e. The van der Waals surface area contributed by atoms with Crippen molar-refractivity contribution in [3.05, 3.63) is 34.1 Å². The first kappa shape index (κ1) is 9.68. The second-order valence-corrected chi connectivity index (χ2v) is 3.44. The number of rotatable bonds is 3. The Balaban J connectivity index is 2.72. The van der Waals surface area contributed by atoms with Crippen LogP contribution in [0.15, 0.2) is 22.7 Å². The summed E-state index contributed by atoms with van der Waals surface area (Å²) in [6.45, 7) is 0.907. The summed E-state index contributed by atoms with van der Waals surface area (Å²) in [7, 11) is 1.90. The summed E-state index contributed by atoms with van der Waals surface area (Å²) in [5.74, 6) is -0.199. The average molecular weight is 232 g/mol. The normalized spacial score (nSPS) is 10.2. The Labute approximate surface area is 80.1 Å². The molecule has 1 rings (SSSR count). The second-order valence-electron chi connectivity index (χ2n) is 2.59. The molecular formula is C9H11BrFN. The molecule has 0 fully saturated rings. The van der Waals surface area contributed by atoms with Crippen LogP contribution in [0.4, 0.5) is 4.39 Å². The van der Waals surface area contributed by atoms with E-state index in [2.05, 4.69) is 21.2 Å². The van der Waals surface area contributed by atoms with E-state index in [4.69, 9.17) is 0 Å². The molecule has 12 heavy (non-hydrogen) atoms. The van der Waals surface area contributed by atoms with E-state index >= 15 is 0 Å². The van der Waals surface area contributed by atoms with Crippen molar-refractivity contribution in [3.63, 3.8) is 0 Å². The first-order valence-corrected chi connectivity index (χ1v) is 4.62. The van der Waals surface area contributed by atoms with Gasteiger partial charge in [0.05, 0.1) is 0 Å². The first-order chi connectivity index (χ1) is 5.74. The molecule has 0 bridgehead atoms. The van der Waals surface area contributed by atoms with Crippen molar-refractivity contribution in [2.24, 2.45) is 0 Å². The van der Waals surface area contributed by atoms with Crippen molar-refractivity contribution in [1.82, 2.24) is 5.32 Å². The van der Waals surface area contributed by atoms with Crippen LogP contribution in [0.1, 0.15) is 5.56 Å². The van der Waals surface area contributed by atoms with Gasteiger partial charge in [0.15, 0.2) is 0 Å². The zero-order chi connectivity index (χ0) is 8.97. The fourth-order valence-electron chi connectivity index (χ4n) is 0.984. The molecule has 0 amide bonds. The third kappa shape index (κ3) is 2.57. The predicted molar refractivity (Wildman–Crippen MR) is 51.7 cm³/mol. The van der Waals surface area contributed by atoms with Crippen LogP contribution in [0.2, 0.25) is 0 Å². The Morgan fingerprint density at radius 2 is 2.25 bits per heavy atom. The summed E-state index contributed by atoms with van der Waals surface area (Å²) >= 11 is 3.31. The summed E-state index contributed by atoms with van der Waals surface area (Å²) in [6.07, 6.45) is 0.914. The Bertz CT molecular complexity index is 263. The monoisotopic (exact) mass is 231 g/mol. The van der Waals surface area contributed by atoms with Gasteiger partial charge in [-0.1, -0.05) is 22.0 Å². The van der Waals surface area contributed by atoms with E-state index in [0.29, 0.717) is 0 Å². The minimum atomic E-state index is -0.199. The van der Waals surface area contributed by atoms with Gasteiger partial charge in [-0.3, -0.25) is 0 Å². The Kier molecular flexibility index (Phi) is 3.69. The van der Waals surface area contributed by atoms with Crippen LogP contribution in [0.25, 0.3) is 0 Å². The molecule has 1 nitrogen and oxygen atoms in total. The zero-order valence-electron chi connectivity index (χ0n) is 6.90. The molecule has 0 aromatic heterocycles. The molecule has 0 unspecified atom stereocenters. The van der Waals surface area contributed by atoms with Gasteiger partial charge in [0.25, 0.3) is 0 Å². The fourth-order valence-corrected chi connectivity index (χ4v) is 1.53. The minimum Gasteiger partial charge on any atom is -0.319 e. The van der Waals surface area contributed by atoms with E-state index in [1.165, 1.54) is 12.1 Å². The van der Waals surface area contributed by atoms with Crippen LogP contribution in [-0.2, 0) is 6.42 Å². The highest BCUT2D eigenvalue weighted by molar-refractivity contribution is 9.10. The van der Waals surface area contributed by atoms with E-state index in [0.717, 1.165) is 23.0 Å². The van der Waals surface area contributed by atoms with Crippen LogP contribution in [0.3, 0.4) is 0 Å². The molecule has 0 atom stereocenters. The molecule has 3 heteroatoms. The highest BCUT2D eigenvalue weighted by Gasteiger charge is 1.99. The molecule has 0 aliphatic rings. The molecule has 0 aliphatic carbocycles.